The summed E-state index contributed by atoms with van der Waals surface area (Å²) < 4.78 is 0. The molecule has 4 nitrogen and oxygen atoms in total. The van der Waals surface area contributed by atoms with E-state index in [0.29, 0.717) is 6.04 Å². The van der Waals surface area contributed by atoms with Gasteiger partial charge in [-0.2, -0.15) is 4.98 Å². The highest BCUT2D eigenvalue weighted by molar-refractivity contribution is 5.40. The van der Waals surface area contributed by atoms with Crippen LogP contribution in [-0.4, -0.2) is 22.6 Å². The third-order valence-electron chi connectivity index (χ3n) is 3.72. The molecular weight excluding hydrogens is 236 g/mol. The van der Waals surface area contributed by atoms with E-state index in [4.69, 9.17) is 0 Å². The van der Waals surface area contributed by atoms with Gasteiger partial charge in [-0.15, -0.1) is 0 Å². The van der Waals surface area contributed by atoms with E-state index in [2.05, 4.69) is 41.4 Å². The first-order chi connectivity index (χ1) is 9.17. The lowest BCUT2D eigenvalue weighted by Gasteiger charge is -2.32. The van der Waals surface area contributed by atoms with Gasteiger partial charge in [0, 0.05) is 18.8 Å². The molecule has 0 aliphatic heterocycles. The van der Waals surface area contributed by atoms with Crippen LogP contribution >= 0.6 is 0 Å². The van der Waals surface area contributed by atoms with Crippen LogP contribution in [0.5, 0.6) is 0 Å². The lowest BCUT2D eigenvalue weighted by Crippen LogP contribution is -2.30. The Hall–Kier alpha value is -1.32. The largest absolute Gasteiger partial charge is 0.367 e. The van der Waals surface area contributed by atoms with E-state index < -0.39 is 0 Å². The molecule has 2 N–H and O–H groups in total. The molecule has 1 saturated carbocycles. The van der Waals surface area contributed by atoms with Crippen LogP contribution in [0.4, 0.5) is 11.8 Å². The second-order valence-electron chi connectivity index (χ2n) is 5.95. The average Bonchev–Trinajstić information content (AvgIpc) is 2.35. The molecular formula is C15H26N4. The highest BCUT2D eigenvalue weighted by atomic mass is 15.1. The molecule has 0 radical (unpaired) electrons. The first kappa shape index (κ1) is 14.1. The van der Waals surface area contributed by atoms with Crippen molar-refractivity contribution in [3.8, 4) is 0 Å². The van der Waals surface area contributed by atoms with E-state index in [1.807, 2.05) is 12.3 Å². The second kappa shape index (κ2) is 6.73. The Bertz CT molecular complexity index is 383. The number of nitrogens with zero attached hydrogens (tertiary/aromatic N) is 2. The molecule has 1 heterocycles. The standard InChI is InChI=1S/C15H26N4/c1-4-6-16-15-17-7-5-14(19-15)18-13-9-11(2)8-12(3)10-13/h5,7,11-13H,4,6,8-10H2,1-3H3,(H2,16,17,18,19). The minimum atomic E-state index is 0.549. The second-order valence-corrected chi connectivity index (χ2v) is 5.95. The molecule has 2 unspecified atom stereocenters. The lowest BCUT2D eigenvalue weighted by atomic mass is 9.80. The summed E-state index contributed by atoms with van der Waals surface area (Å²) in [5.74, 6) is 3.28. The zero-order chi connectivity index (χ0) is 13.7. The summed E-state index contributed by atoms with van der Waals surface area (Å²) in [6, 6.07) is 2.51. The number of anilines is 2. The van der Waals surface area contributed by atoms with Crippen LogP contribution in [0.25, 0.3) is 0 Å². The Morgan fingerprint density at radius 3 is 2.63 bits per heavy atom. The molecule has 0 amide bonds. The van der Waals surface area contributed by atoms with Gasteiger partial charge in [0.25, 0.3) is 0 Å². The molecule has 2 atom stereocenters. The summed E-state index contributed by atoms with van der Waals surface area (Å²) in [7, 11) is 0. The highest BCUT2D eigenvalue weighted by Gasteiger charge is 2.23. The summed E-state index contributed by atoms with van der Waals surface area (Å²) in [6.45, 7) is 7.75. The minimum absolute atomic E-state index is 0.549. The number of hydrogen-bond donors (Lipinski definition) is 2. The minimum Gasteiger partial charge on any atom is -0.367 e. The Balaban J connectivity index is 1.94. The van der Waals surface area contributed by atoms with Crippen molar-refractivity contribution in [1.29, 1.82) is 0 Å². The lowest BCUT2D eigenvalue weighted by molar-refractivity contribution is 0.280. The van der Waals surface area contributed by atoms with Gasteiger partial charge in [0.15, 0.2) is 0 Å². The maximum Gasteiger partial charge on any atom is 0.224 e. The monoisotopic (exact) mass is 262 g/mol. The van der Waals surface area contributed by atoms with E-state index in [0.717, 1.165) is 36.6 Å². The van der Waals surface area contributed by atoms with Gasteiger partial charge in [0.2, 0.25) is 5.95 Å². The molecule has 1 fully saturated rings. The number of hydrogen-bond acceptors (Lipinski definition) is 4. The van der Waals surface area contributed by atoms with E-state index in [-0.39, 0.29) is 0 Å². The molecule has 1 aromatic heterocycles. The van der Waals surface area contributed by atoms with Crippen LogP contribution in [0, 0.1) is 11.8 Å². The van der Waals surface area contributed by atoms with Crippen molar-refractivity contribution in [2.24, 2.45) is 11.8 Å². The van der Waals surface area contributed by atoms with Crippen molar-refractivity contribution >= 4 is 11.8 Å². The Kier molecular flexibility index (Phi) is 5.00. The molecule has 0 bridgehead atoms. The van der Waals surface area contributed by atoms with Gasteiger partial charge < -0.3 is 10.6 Å². The van der Waals surface area contributed by atoms with E-state index in [9.17, 15) is 0 Å². The predicted molar refractivity (Wildman–Crippen MR) is 80.4 cm³/mol. The Morgan fingerprint density at radius 2 is 1.95 bits per heavy atom. The SMILES string of the molecule is CCCNc1nccc(NC2CC(C)CC(C)C2)n1. The molecule has 0 spiro atoms. The van der Waals surface area contributed by atoms with Crippen molar-refractivity contribution in [1.82, 2.24) is 9.97 Å². The highest BCUT2D eigenvalue weighted by Crippen LogP contribution is 2.30. The molecule has 106 valence electrons. The quantitative estimate of drug-likeness (QED) is 0.852. The fraction of sp³-hybridized carbons (Fsp3) is 0.733. The molecule has 0 saturated heterocycles. The fourth-order valence-electron chi connectivity index (χ4n) is 3.04. The van der Waals surface area contributed by atoms with Gasteiger partial charge in [-0.25, -0.2) is 4.98 Å². The zero-order valence-corrected chi connectivity index (χ0v) is 12.3. The molecule has 0 aromatic carbocycles. The van der Waals surface area contributed by atoms with Crippen LogP contribution < -0.4 is 10.6 Å². The normalized spacial score (nSPS) is 27.0. The number of aromatic nitrogens is 2. The van der Waals surface area contributed by atoms with E-state index in [1.54, 1.807) is 0 Å². The van der Waals surface area contributed by atoms with Crippen LogP contribution in [0.15, 0.2) is 12.3 Å². The maximum absolute atomic E-state index is 4.52. The fourth-order valence-corrected chi connectivity index (χ4v) is 3.04. The summed E-state index contributed by atoms with van der Waals surface area (Å²) in [6.07, 6.45) is 6.74. The van der Waals surface area contributed by atoms with Crippen LogP contribution in [0.3, 0.4) is 0 Å². The molecule has 19 heavy (non-hydrogen) atoms. The van der Waals surface area contributed by atoms with Crippen molar-refractivity contribution in [3.63, 3.8) is 0 Å². The van der Waals surface area contributed by atoms with Crippen molar-refractivity contribution in [2.75, 3.05) is 17.2 Å². The molecule has 1 aliphatic rings. The van der Waals surface area contributed by atoms with Gasteiger partial charge in [-0.3, -0.25) is 0 Å². The van der Waals surface area contributed by atoms with Gasteiger partial charge in [-0.1, -0.05) is 20.8 Å². The summed E-state index contributed by atoms with van der Waals surface area (Å²) in [4.78, 5) is 8.76. The van der Waals surface area contributed by atoms with Crippen LogP contribution in [0.1, 0.15) is 46.5 Å². The van der Waals surface area contributed by atoms with Gasteiger partial charge in [0.05, 0.1) is 0 Å². The zero-order valence-electron chi connectivity index (χ0n) is 12.3. The van der Waals surface area contributed by atoms with Crippen LogP contribution in [-0.2, 0) is 0 Å². The third-order valence-corrected chi connectivity index (χ3v) is 3.72. The summed E-state index contributed by atoms with van der Waals surface area (Å²) in [5, 5.41) is 6.79. The average molecular weight is 262 g/mol. The van der Waals surface area contributed by atoms with Crippen molar-refractivity contribution in [2.45, 2.75) is 52.5 Å². The first-order valence-electron chi connectivity index (χ1n) is 7.50. The molecule has 1 aromatic rings. The van der Waals surface area contributed by atoms with Gasteiger partial charge >= 0.3 is 0 Å². The first-order valence-corrected chi connectivity index (χ1v) is 7.50. The summed E-state index contributed by atoms with van der Waals surface area (Å²) >= 11 is 0. The topological polar surface area (TPSA) is 49.8 Å². The Labute approximate surface area is 116 Å². The maximum atomic E-state index is 4.52. The smallest absolute Gasteiger partial charge is 0.224 e. The predicted octanol–water partition coefficient (Wildman–Crippen LogP) is 3.54. The molecule has 1 aliphatic carbocycles. The van der Waals surface area contributed by atoms with Gasteiger partial charge in [-0.05, 0) is 43.6 Å². The Morgan fingerprint density at radius 1 is 1.21 bits per heavy atom. The summed E-state index contributed by atoms with van der Waals surface area (Å²) in [5.41, 5.74) is 0. The third kappa shape index (κ3) is 4.37. The van der Waals surface area contributed by atoms with Crippen molar-refractivity contribution in [3.05, 3.63) is 12.3 Å². The van der Waals surface area contributed by atoms with Crippen LogP contribution in [0.2, 0.25) is 0 Å². The molecule has 4 heteroatoms. The number of nitrogens with one attached hydrogen (secondary N) is 2. The van der Waals surface area contributed by atoms with E-state index >= 15 is 0 Å². The molecule has 2 rings (SSSR count). The van der Waals surface area contributed by atoms with Crippen molar-refractivity contribution < 1.29 is 0 Å². The van der Waals surface area contributed by atoms with Gasteiger partial charge in [0.1, 0.15) is 5.82 Å². The van der Waals surface area contributed by atoms with E-state index in [1.165, 1.54) is 19.3 Å². The number of rotatable bonds is 5.